The number of nitrogens with one attached hydrogen (secondary N) is 2. The third-order valence-corrected chi connectivity index (χ3v) is 5.35. The lowest BCUT2D eigenvalue weighted by molar-refractivity contribution is -0.111. The highest BCUT2D eigenvalue weighted by atomic mass is 32.2. The van der Waals surface area contributed by atoms with Crippen LogP contribution in [0, 0.1) is 0 Å². The summed E-state index contributed by atoms with van der Waals surface area (Å²) in [5, 5.41) is 2.88. The van der Waals surface area contributed by atoms with Crippen LogP contribution in [-0.4, -0.2) is 20.9 Å². The summed E-state index contributed by atoms with van der Waals surface area (Å²) < 4.78 is 26.3. The van der Waals surface area contributed by atoms with Crippen molar-refractivity contribution in [1.82, 2.24) is 4.72 Å². The Hall–Kier alpha value is -2.44. The van der Waals surface area contributed by atoms with E-state index < -0.39 is 10.0 Å². The zero-order valence-corrected chi connectivity index (χ0v) is 16.0. The maximum absolute atomic E-state index is 12.2. The lowest BCUT2D eigenvalue weighted by Gasteiger charge is -2.12. The predicted molar refractivity (Wildman–Crippen MR) is 105 cm³/mol. The maximum Gasteiger partial charge on any atom is 0.248 e. The molecule has 2 rings (SSSR count). The minimum absolute atomic E-state index is 0.201. The van der Waals surface area contributed by atoms with Gasteiger partial charge >= 0.3 is 0 Å². The summed E-state index contributed by atoms with van der Waals surface area (Å²) in [7, 11) is -3.47. The lowest BCUT2D eigenvalue weighted by Crippen LogP contribution is -2.22. The zero-order valence-electron chi connectivity index (χ0n) is 15.2. The molecule has 0 aliphatic carbocycles. The average Bonchev–Trinajstić information content (AvgIpc) is 2.60. The van der Waals surface area contributed by atoms with E-state index >= 15 is 0 Å². The molecule has 2 aromatic rings. The molecule has 2 N–H and O–H groups in total. The molecule has 1 amide bonds. The van der Waals surface area contributed by atoms with Gasteiger partial charge in [0.15, 0.2) is 0 Å². The van der Waals surface area contributed by atoms with Crippen LogP contribution in [0.3, 0.4) is 0 Å². The fourth-order valence-electron chi connectivity index (χ4n) is 2.49. The van der Waals surface area contributed by atoms with Gasteiger partial charge in [-0.1, -0.05) is 51.1 Å². The van der Waals surface area contributed by atoms with Crippen molar-refractivity contribution in [1.29, 1.82) is 0 Å². The third-order valence-electron chi connectivity index (χ3n) is 3.79. The van der Waals surface area contributed by atoms with E-state index in [1.54, 1.807) is 25.1 Å². The van der Waals surface area contributed by atoms with Crippen LogP contribution in [0.5, 0.6) is 0 Å². The van der Waals surface area contributed by atoms with Crippen molar-refractivity contribution in [2.45, 2.75) is 31.6 Å². The van der Waals surface area contributed by atoms with Crippen molar-refractivity contribution in [2.24, 2.45) is 0 Å². The minimum atomic E-state index is -3.47. The molecule has 0 saturated carbocycles. The van der Waals surface area contributed by atoms with Crippen molar-refractivity contribution in [2.75, 3.05) is 11.9 Å². The molecule has 0 radical (unpaired) electrons. The number of anilines is 1. The van der Waals surface area contributed by atoms with Gasteiger partial charge in [-0.3, -0.25) is 4.79 Å². The molecule has 0 bridgehead atoms. The van der Waals surface area contributed by atoms with Gasteiger partial charge in [0.25, 0.3) is 0 Å². The van der Waals surface area contributed by atoms with Gasteiger partial charge in [0.2, 0.25) is 15.9 Å². The maximum atomic E-state index is 12.2. The largest absolute Gasteiger partial charge is 0.322 e. The number of hydrogen-bond donors (Lipinski definition) is 2. The zero-order chi connectivity index (χ0) is 19.2. The lowest BCUT2D eigenvalue weighted by atomic mass is 10.0. The second-order valence-corrected chi connectivity index (χ2v) is 7.90. The van der Waals surface area contributed by atoms with E-state index in [0.29, 0.717) is 12.5 Å². The number of carbonyl (C=O) groups is 1. The van der Waals surface area contributed by atoms with Crippen molar-refractivity contribution in [3.05, 3.63) is 65.7 Å². The molecule has 0 fully saturated rings. The Kier molecular flexibility index (Phi) is 6.71. The summed E-state index contributed by atoms with van der Waals surface area (Å²) in [5.74, 6) is 0.0733. The summed E-state index contributed by atoms with van der Waals surface area (Å²) >= 11 is 0. The molecule has 0 spiro atoms. The summed E-state index contributed by atoms with van der Waals surface area (Å²) in [4.78, 5) is 12.4. The molecular weight excluding hydrogens is 348 g/mol. The topological polar surface area (TPSA) is 75.3 Å². The second-order valence-electron chi connectivity index (χ2n) is 6.13. The van der Waals surface area contributed by atoms with Crippen LogP contribution < -0.4 is 10.0 Å². The quantitative estimate of drug-likeness (QED) is 0.727. The Labute approximate surface area is 155 Å². The van der Waals surface area contributed by atoms with E-state index in [1.807, 2.05) is 24.3 Å². The van der Waals surface area contributed by atoms with E-state index in [2.05, 4.69) is 23.9 Å². The van der Waals surface area contributed by atoms with Crippen LogP contribution in [-0.2, 0) is 14.8 Å². The number of hydrogen-bond acceptors (Lipinski definition) is 3. The Morgan fingerprint density at radius 1 is 1.08 bits per heavy atom. The molecule has 138 valence electrons. The van der Waals surface area contributed by atoms with E-state index in [-0.39, 0.29) is 10.8 Å². The fourth-order valence-corrected chi connectivity index (χ4v) is 3.53. The second kappa shape index (κ2) is 8.78. The van der Waals surface area contributed by atoms with Gasteiger partial charge < -0.3 is 5.32 Å². The van der Waals surface area contributed by atoms with Gasteiger partial charge in [0, 0.05) is 18.3 Å². The van der Waals surface area contributed by atoms with Crippen LogP contribution >= 0.6 is 0 Å². The number of rotatable bonds is 7. The smallest absolute Gasteiger partial charge is 0.248 e. The monoisotopic (exact) mass is 372 g/mol. The number of amides is 1. The van der Waals surface area contributed by atoms with E-state index in [9.17, 15) is 13.2 Å². The van der Waals surface area contributed by atoms with Crippen LogP contribution in [0.4, 0.5) is 5.69 Å². The third kappa shape index (κ3) is 5.28. The van der Waals surface area contributed by atoms with E-state index in [4.69, 9.17) is 0 Å². The molecule has 0 aliphatic rings. The van der Waals surface area contributed by atoms with E-state index in [1.165, 1.54) is 18.2 Å². The molecular formula is C20H24N2O3S. The first-order valence-corrected chi connectivity index (χ1v) is 9.99. The summed E-state index contributed by atoms with van der Waals surface area (Å²) in [6.07, 6.45) is 3.09. The minimum Gasteiger partial charge on any atom is -0.322 e. The predicted octanol–water partition coefficient (Wildman–Crippen LogP) is 3.76. The first kappa shape index (κ1) is 19.9. The highest BCUT2D eigenvalue weighted by molar-refractivity contribution is 7.89. The Morgan fingerprint density at radius 3 is 2.35 bits per heavy atom. The highest BCUT2D eigenvalue weighted by Crippen LogP contribution is 2.23. The highest BCUT2D eigenvalue weighted by Gasteiger charge is 2.11. The summed E-state index contributed by atoms with van der Waals surface area (Å²) in [6, 6.07) is 14.1. The van der Waals surface area contributed by atoms with Gasteiger partial charge in [-0.2, -0.15) is 0 Å². The van der Waals surface area contributed by atoms with Crippen LogP contribution in [0.1, 0.15) is 37.8 Å². The molecule has 0 aliphatic heterocycles. The number of sulfonamides is 1. The molecule has 26 heavy (non-hydrogen) atoms. The van der Waals surface area contributed by atoms with Gasteiger partial charge in [-0.05, 0) is 41.3 Å². The van der Waals surface area contributed by atoms with Crippen LogP contribution in [0.2, 0.25) is 0 Å². The van der Waals surface area contributed by atoms with Gasteiger partial charge in [-0.15, -0.1) is 0 Å². The van der Waals surface area contributed by atoms with Crippen molar-refractivity contribution in [3.63, 3.8) is 0 Å². The Morgan fingerprint density at radius 2 is 1.73 bits per heavy atom. The molecule has 5 nitrogen and oxygen atoms in total. The average molecular weight is 372 g/mol. The van der Waals surface area contributed by atoms with Crippen molar-refractivity contribution < 1.29 is 13.2 Å². The van der Waals surface area contributed by atoms with E-state index in [0.717, 1.165) is 16.8 Å². The first-order valence-electron chi connectivity index (χ1n) is 8.51. The number of carbonyl (C=O) groups excluding carboxylic acids is 1. The Balaban J connectivity index is 2.07. The van der Waals surface area contributed by atoms with Gasteiger partial charge in [0.05, 0.1) is 4.90 Å². The molecule has 0 atom stereocenters. The summed E-state index contributed by atoms with van der Waals surface area (Å²) in [5.41, 5.74) is 2.62. The van der Waals surface area contributed by atoms with Crippen LogP contribution in [0.25, 0.3) is 6.08 Å². The molecule has 0 aromatic heterocycles. The Bertz CT molecular complexity index is 886. The number of para-hydroxylation sites is 1. The van der Waals surface area contributed by atoms with Crippen molar-refractivity contribution >= 4 is 27.7 Å². The van der Waals surface area contributed by atoms with Gasteiger partial charge in [-0.25, -0.2) is 13.1 Å². The van der Waals surface area contributed by atoms with Gasteiger partial charge in [0.1, 0.15) is 0 Å². The molecule has 0 saturated heterocycles. The molecule has 2 aromatic carbocycles. The molecule has 0 heterocycles. The van der Waals surface area contributed by atoms with Crippen LogP contribution in [0.15, 0.2) is 59.5 Å². The fraction of sp³-hybridized carbons (Fsp3) is 0.250. The van der Waals surface area contributed by atoms with Crippen molar-refractivity contribution in [3.8, 4) is 0 Å². The SMILES string of the molecule is CCNS(=O)(=O)c1ccc(/C=C/C(=O)Nc2ccccc2C(C)C)cc1. The first-order chi connectivity index (χ1) is 12.3. The normalized spacial score (nSPS) is 11.8. The number of benzene rings is 2. The molecule has 0 unspecified atom stereocenters. The standard InChI is InChI=1S/C20H24N2O3S/c1-4-21-26(24,25)17-12-9-16(10-13-17)11-14-20(23)22-19-8-6-5-7-18(19)15(2)3/h5-15,21H,4H2,1-3H3,(H,22,23)/b14-11+. The molecule has 6 heteroatoms. The summed E-state index contributed by atoms with van der Waals surface area (Å²) in [6.45, 7) is 6.21.